The number of unbranched alkanes of at least 4 members (excludes halogenated alkanes) is 2. The van der Waals surface area contributed by atoms with Crippen LogP contribution < -0.4 is 5.32 Å². The first kappa shape index (κ1) is 19.8. The molecule has 2 rings (SSSR count). The number of hydrogen-bond donors (Lipinski definition) is 1. The third-order valence-electron chi connectivity index (χ3n) is 4.31. The van der Waals surface area contributed by atoms with Crippen molar-refractivity contribution in [3.63, 3.8) is 0 Å². The summed E-state index contributed by atoms with van der Waals surface area (Å²) in [6.07, 6.45) is 3.12. The molecule has 2 atom stereocenters. The van der Waals surface area contributed by atoms with Crippen LogP contribution in [0.5, 0.6) is 0 Å². The number of nitrogens with zero attached hydrogens (tertiary/aromatic N) is 1. The monoisotopic (exact) mass is 366 g/mol. The molecular weight excluding hydrogens is 339 g/mol. The summed E-state index contributed by atoms with van der Waals surface area (Å²) in [7, 11) is 0. The number of benzene rings is 1. The van der Waals surface area contributed by atoms with Crippen molar-refractivity contribution in [1.82, 2.24) is 10.2 Å². The first-order valence-electron chi connectivity index (χ1n) is 8.93. The van der Waals surface area contributed by atoms with Gasteiger partial charge in [0.2, 0.25) is 5.91 Å². The van der Waals surface area contributed by atoms with Crippen molar-refractivity contribution >= 4 is 23.6 Å². The van der Waals surface area contributed by atoms with Crippen LogP contribution in [0.4, 0.5) is 4.39 Å². The van der Waals surface area contributed by atoms with Crippen LogP contribution in [-0.4, -0.2) is 40.4 Å². The number of carbonyl (C=O) groups excluding carboxylic acids is 2. The van der Waals surface area contributed by atoms with Crippen molar-refractivity contribution < 1.29 is 14.0 Å². The van der Waals surface area contributed by atoms with E-state index in [1.54, 1.807) is 16.7 Å². The van der Waals surface area contributed by atoms with E-state index in [4.69, 9.17) is 0 Å². The zero-order chi connectivity index (χ0) is 18.4. The number of nitrogens with one attached hydrogen (secondary N) is 1. The number of rotatable bonds is 7. The lowest BCUT2D eigenvalue weighted by Gasteiger charge is -2.31. The Labute approximate surface area is 153 Å². The molecule has 138 valence electrons. The number of halogens is 1. The molecule has 25 heavy (non-hydrogen) atoms. The Bertz CT molecular complexity index is 592. The zero-order valence-corrected chi connectivity index (χ0v) is 15.9. The fourth-order valence-corrected chi connectivity index (χ4v) is 4.43. The van der Waals surface area contributed by atoms with Gasteiger partial charge < -0.3 is 10.2 Å². The molecule has 1 aromatic carbocycles. The van der Waals surface area contributed by atoms with Crippen molar-refractivity contribution in [3.05, 3.63) is 35.6 Å². The molecule has 0 bridgehead atoms. The number of carbonyl (C=O) groups is 2. The highest BCUT2D eigenvalue weighted by atomic mass is 32.2. The fraction of sp³-hybridized carbons (Fsp3) is 0.579. The van der Waals surface area contributed by atoms with Crippen molar-refractivity contribution in [1.29, 1.82) is 0 Å². The van der Waals surface area contributed by atoms with E-state index in [0.717, 1.165) is 19.3 Å². The van der Waals surface area contributed by atoms with Gasteiger partial charge >= 0.3 is 0 Å². The molecule has 1 aliphatic heterocycles. The van der Waals surface area contributed by atoms with Gasteiger partial charge in [0.25, 0.3) is 5.91 Å². The van der Waals surface area contributed by atoms with Gasteiger partial charge in [-0.3, -0.25) is 9.59 Å². The molecule has 0 spiro atoms. The first-order chi connectivity index (χ1) is 12.0. The lowest BCUT2D eigenvalue weighted by molar-refractivity contribution is -0.124. The SMILES string of the molecule is CCCCCNC(=O)[C@H]1CS[C@@H](C(C)C)N1C(=O)c1ccc(F)cc1. The van der Waals surface area contributed by atoms with Crippen LogP contribution in [0.1, 0.15) is 50.4 Å². The molecule has 2 amide bonds. The minimum Gasteiger partial charge on any atom is -0.354 e. The predicted molar refractivity (Wildman–Crippen MR) is 100.0 cm³/mol. The Morgan fingerprint density at radius 2 is 1.96 bits per heavy atom. The summed E-state index contributed by atoms with van der Waals surface area (Å²) in [6.45, 7) is 6.85. The molecule has 1 heterocycles. The van der Waals surface area contributed by atoms with E-state index < -0.39 is 6.04 Å². The molecule has 0 unspecified atom stereocenters. The summed E-state index contributed by atoms with van der Waals surface area (Å²) in [4.78, 5) is 27.3. The minimum absolute atomic E-state index is 0.0519. The molecule has 0 saturated carbocycles. The molecule has 0 aromatic heterocycles. The molecule has 1 aromatic rings. The average molecular weight is 367 g/mol. The molecule has 1 fully saturated rings. The highest BCUT2D eigenvalue weighted by Crippen LogP contribution is 2.35. The summed E-state index contributed by atoms with van der Waals surface area (Å²) in [6, 6.07) is 5.04. The third kappa shape index (κ3) is 4.97. The van der Waals surface area contributed by atoms with Crippen LogP contribution in [-0.2, 0) is 4.79 Å². The van der Waals surface area contributed by atoms with E-state index in [-0.39, 0.29) is 28.9 Å². The Morgan fingerprint density at radius 3 is 2.56 bits per heavy atom. The average Bonchev–Trinajstić information content (AvgIpc) is 3.04. The number of thioether (sulfide) groups is 1. The van der Waals surface area contributed by atoms with Crippen molar-refractivity contribution in [2.75, 3.05) is 12.3 Å². The molecule has 1 aliphatic rings. The highest BCUT2D eigenvalue weighted by Gasteiger charge is 2.42. The maximum absolute atomic E-state index is 13.1. The number of amides is 2. The predicted octanol–water partition coefficient (Wildman–Crippen LogP) is 3.67. The second kappa shape index (κ2) is 9.22. The maximum atomic E-state index is 13.1. The Morgan fingerprint density at radius 1 is 1.28 bits per heavy atom. The highest BCUT2D eigenvalue weighted by molar-refractivity contribution is 8.00. The zero-order valence-electron chi connectivity index (χ0n) is 15.1. The smallest absolute Gasteiger partial charge is 0.255 e. The molecule has 1 saturated heterocycles. The van der Waals surface area contributed by atoms with Crippen molar-refractivity contribution in [2.24, 2.45) is 5.92 Å². The second-order valence-electron chi connectivity index (χ2n) is 6.70. The third-order valence-corrected chi connectivity index (χ3v) is 5.93. The fourth-order valence-electron chi connectivity index (χ4n) is 2.95. The first-order valence-corrected chi connectivity index (χ1v) is 9.98. The van der Waals surface area contributed by atoms with Crippen molar-refractivity contribution in [3.8, 4) is 0 Å². The summed E-state index contributed by atoms with van der Waals surface area (Å²) < 4.78 is 13.1. The summed E-state index contributed by atoms with van der Waals surface area (Å²) in [5, 5.41) is 2.91. The maximum Gasteiger partial charge on any atom is 0.255 e. The lowest BCUT2D eigenvalue weighted by atomic mass is 10.1. The van der Waals surface area contributed by atoms with Crippen LogP contribution in [0.15, 0.2) is 24.3 Å². The van der Waals surface area contributed by atoms with Crippen LogP contribution in [0.3, 0.4) is 0 Å². The lowest BCUT2D eigenvalue weighted by Crippen LogP contribution is -2.51. The van der Waals surface area contributed by atoms with Crippen LogP contribution in [0.2, 0.25) is 0 Å². The molecule has 0 aliphatic carbocycles. The van der Waals surface area contributed by atoms with E-state index in [9.17, 15) is 14.0 Å². The summed E-state index contributed by atoms with van der Waals surface area (Å²) >= 11 is 1.64. The van der Waals surface area contributed by atoms with Gasteiger partial charge in [-0.15, -0.1) is 11.8 Å². The topological polar surface area (TPSA) is 49.4 Å². The molecule has 4 nitrogen and oxygen atoms in total. The van der Waals surface area contributed by atoms with Gasteiger partial charge in [0.05, 0.1) is 5.37 Å². The van der Waals surface area contributed by atoms with Crippen molar-refractivity contribution in [2.45, 2.75) is 51.4 Å². The van der Waals surface area contributed by atoms with Gasteiger partial charge in [-0.2, -0.15) is 0 Å². The van der Waals surface area contributed by atoms with Gasteiger partial charge in [-0.05, 0) is 36.6 Å². The Kier molecular flexibility index (Phi) is 7.29. The normalized spacial score (nSPS) is 20.1. The van der Waals surface area contributed by atoms with Gasteiger partial charge in [0.15, 0.2) is 0 Å². The molecule has 0 radical (unpaired) electrons. The van der Waals surface area contributed by atoms with Crippen LogP contribution in [0, 0.1) is 11.7 Å². The van der Waals surface area contributed by atoms with E-state index in [0.29, 0.717) is 17.9 Å². The van der Waals surface area contributed by atoms with Gasteiger partial charge in [0.1, 0.15) is 11.9 Å². The minimum atomic E-state index is -0.475. The molecule has 6 heteroatoms. The van der Waals surface area contributed by atoms with Crippen LogP contribution >= 0.6 is 11.8 Å². The summed E-state index contributed by atoms with van der Waals surface area (Å²) in [5.41, 5.74) is 0.415. The number of hydrogen-bond acceptors (Lipinski definition) is 3. The Hall–Kier alpha value is -1.56. The van der Waals surface area contributed by atoms with E-state index in [2.05, 4.69) is 12.2 Å². The van der Waals surface area contributed by atoms with Gasteiger partial charge in [0, 0.05) is 17.9 Å². The van der Waals surface area contributed by atoms with Gasteiger partial charge in [-0.1, -0.05) is 33.6 Å². The molecular formula is C19H27FN2O2S. The van der Waals surface area contributed by atoms with Crippen LogP contribution in [0.25, 0.3) is 0 Å². The van der Waals surface area contributed by atoms with E-state index in [1.807, 2.05) is 13.8 Å². The summed E-state index contributed by atoms with van der Waals surface area (Å²) in [5.74, 6) is 0.139. The largest absolute Gasteiger partial charge is 0.354 e. The molecule has 1 N–H and O–H groups in total. The quantitative estimate of drug-likeness (QED) is 0.749. The van der Waals surface area contributed by atoms with Gasteiger partial charge in [-0.25, -0.2) is 4.39 Å². The standard InChI is InChI=1S/C19H27FN2O2S/c1-4-5-6-11-21-17(23)16-12-25-19(13(2)3)22(16)18(24)14-7-9-15(20)10-8-14/h7-10,13,16,19H,4-6,11-12H2,1-3H3,(H,21,23)/t16-,19+/m1/s1. The second-order valence-corrected chi connectivity index (χ2v) is 7.85. The Balaban J connectivity index is 2.14. The van der Waals surface area contributed by atoms with E-state index in [1.165, 1.54) is 24.3 Å². The van der Waals surface area contributed by atoms with E-state index >= 15 is 0 Å².